The number of hydrogen-bond donors (Lipinski definition) is 0. The van der Waals surface area contributed by atoms with Gasteiger partial charge in [0.1, 0.15) is 5.75 Å². The molecule has 0 spiro atoms. The van der Waals surface area contributed by atoms with Crippen molar-refractivity contribution in [1.29, 1.82) is 0 Å². The predicted octanol–water partition coefficient (Wildman–Crippen LogP) is 2.35. The van der Waals surface area contributed by atoms with Crippen molar-refractivity contribution in [2.45, 2.75) is 0 Å². The Kier molecular flexibility index (Phi) is 5.72. The predicted molar refractivity (Wildman–Crippen MR) is 86.5 cm³/mol. The molecule has 0 heterocycles. The molecule has 1 atom stereocenters. The summed E-state index contributed by atoms with van der Waals surface area (Å²) >= 11 is 0. The van der Waals surface area contributed by atoms with Crippen LogP contribution in [0, 0.1) is 0 Å². The second-order valence-corrected chi connectivity index (χ2v) is 5.47. The van der Waals surface area contributed by atoms with Crippen LogP contribution >= 0.6 is 8.58 Å². The Hall–Kier alpha value is -1.70. The summed E-state index contributed by atoms with van der Waals surface area (Å²) in [6.45, 7) is 0.263. The average Bonchev–Trinajstić information content (AvgIpc) is 2.49. The number of hydrogen-bond acceptors (Lipinski definition) is 3. The van der Waals surface area contributed by atoms with E-state index in [4.69, 9.17) is 9.47 Å². The molecule has 20 heavy (non-hydrogen) atoms. The van der Waals surface area contributed by atoms with E-state index in [-0.39, 0.29) is 6.79 Å². The van der Waals surface area contributed by atoms with E-state index in [2.05, 4.69) is 23.2 Å². The standard InChI is InChI=1S/C16H18NO2P/c1-17-11-13-7-3-5-9-15(13)20-16-10-6-4-8-14(16)19-12-18-2/h3-11,20H,12H2,1-2H3/b17-11+. The molecule has 2 rings (SSSR count). The lowest BCUT2D eigenvalue weighted by Gasteiger charge is -2.12. The van der Waals surface area contributed by atoms with Crippen molar-refractivity contribution in [3.8, 4) is 5.75 Å². The summed E-state index contributed by atoms with van der Waals surface area (Å²) in [7, 11) is 3.93. The third kappa shape index (κ3) is 3.89. The number of benzene rings is 2. The van der Waals surface area contributed by atoms with Crippen LogP contribution in [0.3, 0.4) is 0 Å². The van der Waals surface area contributed by atoms with Gasteiger partial charge in [0.2, 0.25) is 0 Å². The Morgan fingerprint density at radius 2 is 1.75 bits per heavy atom. The van der Waals surface area contributed by atoms with Gasteiger partial charge in [-0.2, -0.15) is 0 Å². The molecule has 0 aliphatic carbocycles. The monoisotopic (exact) mass is 287 g/mol. The van der Waals surface area contributed by atoms with E-state index in [0.717, 1.165) is 11.3 Å². The molecule has 3 nitrogen and oxygen atoms in total. The summed E-state index contributed by atoms with van der Waals surface area (Å²) < 4.78 is 10.6. The minimum Gasteiger partial charge on any atom is -0.467 e. The van der Waals surface area contributed by atoms with Crippen molar-refractivity contribution in [2.75, 3.05) is 21.0 Å². The number of para-hydroxylation sites is 1. The van der Waals surface area contributed by atoms with E-state index in [0.29, 0.717) is 8.58 Å². The zero-order valence-electron chi connectivity index (χ0n) is 11.7. The van der Waals surface area contributed by atoms with Gasteiger partial charge in [0, 0.05) is 25.7 Å². The Morgan fingerprint density at radius 3 is 2.50 bits per heavy atom. The molecule has 4 heteroatoms. The topological polar surface area (TPSA) is 30.8 Å². The average molecular weight is 287 g/mol. The van der Waals surface area contributed by atoms with Crippen LogP contribution in [0.4, 0.5) is 0 Å². The highest BCUT2D eigenvalue weighted by Gasteiger charge is 2.06. The second kappa shape index (κ2) is 7.78. The molecule has 0 aromatic heterocycles. The van der Waals surface area contributed by atoms with Gasteiger partial charge >= 0.3 is 0 Å². The molecule has 0 saturated carbocycles. The highest BCUT2D eigenvalue weighted by atomic mass is 31.1. The van der Waals surface area contributed by atoms with Crippen LogP contribution in [-0.2, 0) is 4.74 Å². The summed E-state index contributed by atoms with van der Waals surface area (Å²) in [4.78, 5) is 4.11. The van der Waals surface area contributed by atoms with Crippen molar-refractivity contribution < 1.29 is 9.47 Å². The fraction of sp³-hybridized carbons (Fsp3) is 0.188. The van der Waals surface area contributed by atoms with Gasteiger partial charge < -0.3 is 9.47 Å². The number of aliphatic imine (C=N–C) groups is 1. The minimum atomic E-state index is 0.263. The van der Waals surface area contributed by atoms with Gasteiger partial charge in [-0.15, -0.1) is 0 Å². The lowest BCUT2D eigenvalue weighted by atomic mass is 10.2. The summed E-state index contributed by atoms with van der Waals surface area (Å²) in [6.07, 6.45) is 1.89. The minimum absolute atomic E-state index is 0.263. The van der Waals surface area contributed by atoms with E-state index in [1.54, 1.807) is 14.2 Å². The lowest BCUT2D eigenvalue weighted by Crippen LogP contribution is -2.12. The van der Waals surface area contributed by atoms with Crippen molar-refractivity contribution >= 4 is 25.4 Å². The van der Waals surface area contributed by atoms with Gasteiger partial charge in [0.25, 0.3) is 0 Å². The molecule has 0 fully saturated rings. The molecular formula is C16H18NO2P. The zero-order chi connectivity index (χ0) is 14.2. The number of rotatable bonds is 6. The normalized spacial score (nSPS) is 11.5. The first kappa shape index (κ1) is 14.7. The Labute approximate surface area is 121 Å². The smallest absolute Gasteiger partial charge is 0.188 e. The van der Waals surface area contributed by atoms with Crippen LogP contribution in [0.5, 0.6) is 5.75 Å². The zero-order valence-corrected chi connectivity index (χ0v) is 12.7. The summed E-state index contributed by atoms with van der Waals surface area (Å²) in [5.41, 5.74) is 1.15. The molecule has 0 amide bonds. The number of ether oxygens (including phenoxy) is 2. The maximum Gasteiger partial charge on any atom is 0.188 e. The van der Waals surface area contributed by atoms with Crippen molar-refractivity contribution in [3.63, 3.8) is 0 Å². The molecular weight excluding hydrogens is 269 g/mol. The van der Waals surface area contributed by atoms with Gasteiger partial charge in [-0.05, 0) is 16.9 Å². The number of nitrogens with zero attached hydrogens (tertiary/aromatic N) is 1. The van der Waals surface area contributed by atoms with Crippen molar-refractivity contribution in [3.05, 3.63) is 54.1 Å². The van der Waals surface area contributed by atoms with E-state index >= 15 is 0 Å². The van der Waals surface area contributed by atoms with Gasteiger partial charge in [-0.1, -0.05) is 51.0 Å². The third-order valence-electron chi connectivity index (χ3n) is 2.72. The Bertz CT molecular complexity index is 584. The maximum absolute atomic E-state index is 5.61. The van der Waals surface area contributed by atoms with Crippen LogP contribution < -0.4 is 15.3 Å². The Balaban J connectivity index is 2.26. The Morgan fingerprint density at radius 1 is 1.05 bits per heavy atom. The van der Waals surface area contributed by atoms with Crippen LogP contribution in [0.2, 0.25) is 0 Å². The molecule has 0 N–H and O–H groups in total. The summed E-state index contributed by atoms with van der Waals surface area (Å²) in [6, 6.07) is 16.3. The quantitative estimate of drug-likeness (QED) is 0.464. The fourth-order valence-electron chi connectivity index (χ4n) is 1.83. The molecule has 1 unspecified atom stereocenters. The molecule has 2 aromatic carbocycles. The molecule has 104 valence electrons. The van der Waals surface area contributed by atoms with Gasteiger partial charge in [-0.25, -0.2) is 0 Å². The van der Waals surface area contributed by atoms with Crippen LogP contribution in [0.15, 0.2) is 53.5 Å². The van der Waals surface area contributed by atoms with E-state index in [9.17, 15) is 0 Å². The number of methoxy groups -OCH3 is 1. The van der Waals surface area contributed by atoms with Gasteiger partial charge in [0.15, 0.2) is 6.79 Å². The molecule has 0 aliphatic rings. The van der Waals surface area contributed by atoms with E-state index in [1.807, 2.05) is 36.5 Å². The summed E-state index contributed by atoms with van der Waals surface area (Å²) in [5.74, 6) is 0.871. The first-order valence-electron chi connectivity index (χ1n) is 6.34. The molecule has 0 aliphatic heterocycles. The highest BCUT2D eigenvalue weighted by Crippen LogP contribution is 2.20. The van der Waals surface area contributed by atoms with Gasteiger partial charge in [0.05, 0.1) is 0 Å². The largest absolute Gasteiger partial charge is 0.467 e. The molecule has 0 bridgehead atoms. The fourth-order valence-corrected chi connectivity index (χ4v) is 3.05. The molecule has 0 saturated heterocycles. The van der Waals surface area contributed by atoms with E-state index < -0.39 is 0 Å². The highest BCUT2D eigenvalue weighted by molar-refractivity contribution is 7.56. The van der Waals surface area contributed by atoms with Crippen LogP contribution in [0.25, 0.3) is 0 Å². The first-order valence-corrected chi connectivity index (χ1v) is 7.34. The SMILES string of the molecule is C/N=C/c1ccccc1Pc1ccccc1OCOC. The van der Waals surface area contributed by atoms with E-state index in [1.165, 1.54) is 10.6 Å². The first-order chi connectivity index (χ1) is 9.85. The summed E-state index contributed by atoms with van der Waals surface area (Å²) in [5, 5.41) is 2.42. The van der Waals surface area contributed by atoms with Crippen molar-refractivity contribution in [1.82, 2.24) is 0 Å². The lowest BCUT2D eigenvalue weighted by molar-refractivity contribution is 0.0519. The van der Waals surface area contributed by atoms with Crippen LogP contribution in [-0.4, -0.2) is 27.2 Å². The molecule has 2 aromatic rings. The second-order valence-electron chi connectivity index (χ2n) is 4.15. The maximum atomic E-state index is 5.61. The van der Waals surface area contributed by atoms with Gasteiger partial charge in [-0.3, -0.25) is 4.99 Å². The molecule has 0 radical (unpaired) electrons. The van der Waals surface area contributed by atoms with Crippen molar-refractivity contribution in [2.24, 2.45) is 4.99 Å². The third-order valence-corrected chi connectivity index (χ3v) is 4.12. The van der Waals surface area contributed by atoms with Crippen LogP contribution in [0.1, 0.15) is 5.56 Å².